The summed E-state index contributed by atoms with van der Waals surface area (Å²) in [6.45, 7) is 3.28. The van der Waals surface area contributed by atoms with Gasteiger partial charge in [0.1, 0.15) is 0 Å². The predicted molar refractivity (Wildman–Crippen MR) is 86.6 cm³/mol. The highest BCUT2D eigenvalue weighted by Gasteiger charge is 2.37. The first-order chi connectivity index (χ1) is 11.0. The van der Waals surface area contributed by atoms with Crippen molar-refractivity contribution in [2.75, 3.05) is 19.7 Å². The Morgan fingerprint density at radius 3 is 2.57 bits per heavy atom. The lowest BCUT2D eigenvalue weighted by Crippen LogP contribution is -2.45. The number of aliphatic hydroxyl groups excluding tert-OH is 1. The van der Waals surface area contributed by atoms with Gasteiger partial charge in [-0.05, 0) is 44.4 Å². The SMILES string of the molecule is Cc1ccc(S(=O)(=O)NCC2OCC(NCC3CC3)C2O)cc1. The van der Waals surface area contributed by atoms with E-state index in [9.17, 15) is 13.5 Å². The Bertz CT molecular complexity index is 628. The minimum atomic E-state index is -3.58. The number of hydrogen-bond donors (Lipinski definition) is 3. The summed E-state index contributed by atoms with van der Waals surface area (Å²) in [4.78, 5) is 0.221. The third kappa shape index (κ3) is 4.30. The van der Waals surface area contributed by atoms with Crippen LogP contribution < -0.4 is 10.0 Å². The van der Waals surface area contributed by atoms with E-state index >= 15 is 0 Å². The monoisotopic (exact) mass is 340 g/mol. The van der Waals surface area contributed by atoms with Crippen molar-refractivity contribution in [2.45, 2.75) is 42.9 Å². The largest absolute Gasteiger partial charge is 0.389 e. The zero-order chi connectivity index (χ0) is 16.4. The van der Waals surface area contributed by atoms with Crippen LogP contribution in [0, 0.1) is 12.8 Å². The summed E-state index contributed by atoms with van der Waals surface area (Å²) in [6.07, 6.45) is 1.27. The van der Waals surface area contributed by atoms with Crippen molar-refractivity contribution in [3.8, 4) is 0 Å². The molecule has 3 unspecified atom stereocenters. The van der Waals surface area contributed by atoms with Crippen LogP contribution in [0.5, 0.6) is 0 Å². The van der Waals surface area contributed by atoms with Crippen LogP contribution >= 0.6 is 0 Å². The molecule has 0 radical (unpaired) electrons. The predicted octanol–water partition coefficient (Wildman–Crippen LogP) is 0.401. The van der Waals surface area contributed by atoms with Crippen LogP contribution in [0.15, 0.2) is 29.2 Å². The second kappa shape index (κ2) is 6.86. The summed E-state index contributed by atoms with van der Waals surface area (Å²) in [5, 5.41) is 13.6. The molecule has 7 heteroatoms. The van der Waals surface area contributed by atoms with Gasteiger partial charge < -0.3 is 15.2 Å². The Morgan fingerprint density at radius 1 is 1.22 bits per heavy atom. The number of aliphatic hydroxyl groups is 1. The Kier molecular flexibility index (Phi) is 5.03. The number of ether oxygens (including phenoxy) is 1. The molecule has 1 aliphatic carbocycles. The van der Waals surface area contributed by atoms with Crippen molar-refractivity contribution in [1.82, 2.24) is 10.0 Å². The van der Waals surface area contributed by atoms with Gasteiger partial charge in [0.15, 0.2) is 0 Å². The van der Waals surface area contributed by atoms with Crippen LogP contribution in [-0.4, -0.2) is 51.5 Å². The van der Waals surface area contributed by atoms with Gasteiger partial charge in [0.25, 0.3) is 0 Å². The van der Waals surface area contributed by atoms with Crippen LogP contribution in [-0.2, 0) is 14.8 Å². The molecule has 3 atom stereocenters. The van der Waals surface area contributed by atoms with E-state index in [4.69, 9.17) is 4.74 Å². The van der Waals surface area contributed by atoms with Gasteiger partial charge in [-0.1, -0.05) is 17.7 Å². The third-order valence-electron chi connectivity index (χ3n) is 4.45. The van der Waals surface area contributed by atoms with E-state index in [0.717, 1.165) is 18.0 Å². The Balaban J connectivity index is 1.52. The topological polar surface area (TPSA) is 87.7 Å². The highest BCUT2D eigenvalue weighted by Crippen LogP contribution is 2.28. The standard InChI is InChI=1S/C16H24N2O4S/c1-11-2-6-13(7-3-11)23(20,21)18-9-15-16(19)14(10-22-15)17-8-12-4-5-12/h2-3,6-7,12,14-19H,4-5,8-10H2,1H3. The second-order valence-electron chi connectivity index (χ2n) is 6.49. The summed E-state index contributed by atoms with van der Waals surface area (Å²) < 4.78 is 32.6. The first-order valence-electron chi connectivity index (χ1n) is 8.05. The van der Waals surface area contributed by atoms with Crippen molar-refractivity contribution in [3.63, 3.8) is 0 Å². The van der Waals surface area contributed by atoms with E-state index in [0.29, 0.717) is 6.61 Å². The molecule has 0 aromatic heterocycles. The molecule has 3 N–H and O–H groups in total. The van der Waals surface area contributed by atoms with Crippen LogP contribution in [0.4, 0.5) is 0 Å². The van der Waals surface area contributed by atoms with E-state index in [2.05, 4.69) is 10.0 Å². The third-order valence-corrected chi connectivity index (χ3v) is 5.89. The van der Waals surface area contributed by atoms with Gasteiger partial charge in [-0.3, -0.25) is 0 Å². The summed E-state index contributed by atoms with van der Waals surface area (Å²) in [6, 6.07) is 6.54. The highest BCUT2D eigenvalue weighted by atomic mass is 32.2. The molecule has 1 saturated heterocycles. The van der Waals surface area contributed by atoms with E-state index < -0.39 is 22.2 Å². The lowest BCUT2D eigenvalue weighted by molar-refractivity contribution is 0.0444. The molecular formula is C16H24N2O4S. The molecule has 2 fully saturated rings. The van der Waals surface area contributed by atoms with E-state index in [1.54, 1.807) is 24.3 Å². The van der Waals surface area contributed by atoms with Gasteiger partial charge in [0.05, 0.1) is 29.8 Å². The number of aryl methyl sites for hydroxylation is 1. The zero-order valence-corrected chi connectivity index (χ0v) is 14.1. The molecule has 2 aliphatic rings. The number of benzene rings is 1. The fourth-order valence-electron chi connectivity index (χ4n) is 2.68. The number of sulfonamides is 1. The summed E-state index contributed by atoms with van der Waals surface area (Å²) in [7, 11) is -3.58. The van der Waals surface area contributed by atoms with Crippen molar-refractivity contribution >= 4 is 10.0 Å². The van der Waals surface area contributed by atoms with Crippen LogP contribution in [0.2, 0.25) is 0 Å². The zero-order valence-electron chi connectivity index (χ0n) is 13.2. The van der Waals surface area contributed by atoms with Gasteiger partial charge in [0.2, 0.25) is 10.0 Å². The molecule has 1 aliphatic heterocycles. The molecule has 0 spiro atoms. The van der Waals surface area contributed by atoms with E-state index in [1.807, 2.05) is 6.92 Å². The second-order valence-corrected chi connectivity index (χ2v) is 8.25. The molecule has 0 bridgehead atoms. The van der Waals surface area contributed by atoms with Gasteiger partial charge in [-0.2, -0.15) is 0 Å². The van der Waals surface area contributed by atoms with Crippen LogP contribution in [0.25, 0.3) is 0 Å². The van der Waals surface area contributed by atoms with Gasteiger partial charge in [-0.15, -0.1) is 0 Å². The van der Waals surface area contributed by atoms with Gasteiger partial charge in [0, 0.05) is 6.54 Å². The van der Waals surface area contributed by atoms with Crippen molar-refractivity contribution in [3.05, 3.63) is 29.8 Å². The molecule has 1 heterocycles. The lowest BCUT2D eigenvalue weighted by atomic mass is 10.1. The van der Waals surface area contributed by atoms with Crippen molar-refractivity contribution < 1.29 is 18.3 Å². The molecule has 1 aromatic rings. The average Bonchev–Trinajstić information content (AvgIpc) is 3.28. The van der Waals surface area contributed by atoms with Crippen LogP contribution in [0.1, 0.15) is 18.4 Å². The maximum Gasteiger partial charge on any atom is 0.240 e. The molecule has 0 amide bonds. The molecule has 1 aromatic carbocycles. The van der Waals surface area contributed by atoms with Gasteiger partial charge in [-0.25, -0.2) is 13.1 Å². The maximum absolute atomic E-state index is 12.2. The summed E-state index contributed by atoms with van der Waals surface area (Å²) in [5.41, 5.74) is 1.00. The fraction of sp³-hybridized carbons (Fsp3) is 0.625. The Hall–Kier alpha value is -0.990. The first kappa shape index (κ1) is 16.9. The highest BCUT2D eigenvalue weighted by molar-refractivity contribution is 7.89. The molecule has 6 nitrogen and oxygen atoms in total. The summed E-state index contributed by atoms with van der Waals surface area (Å²) in [5.74, 6) is 0.723. The number of hydrogen-bond acceptors (Lipinski definition) is 5. The Labute approximate surface area is 137 Å². The minimum Gasteiger partial charge on any atom is -0.389 e. The number of nitrogens with one attached hydrogen (secondary N) is 2. The van der Waals surface area contributed by atoms with E-state index in [-0.39, 0.29) is 17.5 Å². The Morgan fingerprint density at radius 2 is 1.91 bits per heavy atom. The van der Waals surface area contributed by atoms with Crippen molar-refractivity contribution in [1.29, 1.82) is 0 Å². The minimum absolute atomic E-state index is 0.0684. The molecule has 1 saturated carbocycles. The van der Waals surface area contributed by atoms with Gasteiger partial charge >= 0.3 is 0 Å². The smallest absolute Gasteiger partial charge is 0.240 e. The first-order valence-corrected chi connectivity index (χ1v) is 9.53. The van der Waals surface area contributed by atoms with E-state index in [1.165, 1.54) is 12.8 Å². The fourth-order valence-corrected chi connectivity index (χ4v) is 3.72. The quantitative estimate of drug-likeness (QED) is 0.669. The maximum atomic E-state index is 12.2. The molecule has 128 valence electrons. The lowest BCUT2D eigenvalue weighted by Gasteiger charge is -2.19. The molecule has 3 rings (SSSR count). The normalized spacial score (nSPS) is 28.2. The molecule has 23 heavy (non-hydrogen) atoms. The number of rotatable bonds is 7. The molecular weight excluding hydrogens is 316 g/mol. The van der Waals surface area contributed by atoms with Crippen LogP contribution in [0.3, 0.4) is 0 Å². The average molecular weight is 340 g/mol. The summed E-state index contributed by atoms with van der Waals surface area (Å²) >= 11 is 0. The van der Waals surface area contributed by atoms with Crippen molar-refractivity contribution in [2.24, 2.45) is 5.92 Å².